The van der Waals surface area contributed by atoms with Gasteiger partial charge in [0.15, 0.2) is 0 Å². The van der Waals surface area contributed by atoms with E-state index >= 15 is 0 Å². The largest absolute Gasteiger partial charge is 0.495 e. The number of carbonyl (C=O) groups excluding carboxylic acids is 1. The zero-order valence-corrected chi connectivity index (χ0v) is 19.4. The second kappa shape index (κ2) is 9.98. The number of benzene rings is 2. The Bertz CT molecular complexity index is 948. The van der Waals surface area contributed by atoms with Gasteiger partial charge in [0.1, 0.15) is 12.3 Å². The second-order valence-corrected chi connectivity index (χ2v) is 9.94. The minimum atomic E-state index is -3.98. The number of carbonyl (C=O) groups is 1. The summed E-state index contributed by atoms with van der Waals surface area (Å²) < 4.78 is 33.5. The predicted molar refractivity (Wildman–Crippen MR) is 120 cm³/mol. The van der Waals surface area contributed by atoms with Gasteiger partial charge in [0.05, 0.1) is 17.7 Å². The molecule has 1 N–H and O–H groups in total. The Balaban J connectivity index is 2.50. The molecule has 0 unspecified atom stereocenters. The Morgan fingerprint density at radius 1 is 1.03 bits per heavy atom. The lowest BCUT2D eigenvalue weighted by Crippen LogP contribution is -2.48. The number of amides is 1. The van der Waals surface area contributed by atoms with Crippen LogP contribution >= 0.6 is 0 Å². The first kappa shape index (κ1) is 23.7. The molecule has 0 radical (unpaired) electrons. The minimum absolute atomic E-state index is 0.0572. The summed E-state index contributed by atoms with van der Waals surface area (Å²) >= 11 is 0. The van der Waals surface area contributed by atoms with E-state index in [-0.39, 0.29) is 35.2 Å². The van der Waals surface area contributed by atoms with Crippen molar-refractivity contribution in [3.8, 4) is 5.75 Å². The normalized spacial score (nSPS) is 11.8. The van der Waals surface area contributed by atoms with Gasteiger partial charge in [0.25, 0.3) is 10.0 Å². The number of hydrogen-bond donors (Lipinski definition) is 1. The van der Waals surface area contributed by atoms with Crippen LogP contribution in [0.1, 0.15) is 33.3 Å². The van der Waals surface area contributed by atoms with Crippen molar-refractivity contribution in [1.29, 1.82) is 0 Å². The smallest absolute Gasteiger partial charge is 0.264 e. The summed E-state index contributed by atoms with van der Waals surface area (Å²) in [5.41, 5.74) is 1.20. The topological polar surface area (TPSA) is 75.7 Å². The van der Waals surface area contributed by atoms with Gasteiger partial charge >= 0.3 is 0 Å². The van der Waals surface area contributed by atoms with E-state index in [0.717, 1.165) is 9.87 Å². The maximum Gasteiger partial charge on any atom is 0.264 e. The van der Waals surface area contributed by atoms with Crippen molar-refractivity contribution < 1.29 is 17.9 Å². The number of anilines is 1. The molecule has 7 heteroatoms. The highest BCUT2D eigenvalue weighted by atomic mass is 32.2. The zero-order chi connectivity index (χ0) is 22.5. The maximum absolute atomic E-state index is 13.5. The third kappa shape index (κ3) is 5.53. The Labute approximate surface area is 180 Å². The molecule has 0 heterocycles. The van der Waals surface area contributed by atoms with Crippen molar-refractivity contribution in [3.05, 3.63) is 54.1 Å². The molecule has 0 aliphatic heterocycles. The first-order chi connectivity index (χ1) is 14.1. The number of nitrogens with one attached hydrogen (secondary N) is 1. The lowest BCUT2D eigenvalue weighted by Gasteiger charge is -2.29. The van der Waals surface area contributed by atoms with E-state index in [2.05, 4.69) is 5.32 Å². The number of aryl methyl sites for hydroxylation is 1. The SMILES string of the molecule is COc1ccc(C)cc1N(CC(=O)NC(C(C)C)C(C)C)S(=O)(=O)c1ccccc1. The Morgan fingerprint density at radius 2 is 1.63 bits per heavy atom. The maximum atomic E-state index is 13.5. The second-order valence-electron chi connectivity index (χ2n) is 8.08. The number of nitrogens with zero attached hydrogens (tertiary/aromatic N) is 1. The molecular weight excluding hydrogens is 400 g/mol. The van der Waals surface area contributed by atoms with Crippen LogP contribution in [0.4, 0.5) is 5.69 Å². The van der Waals surface area contributed by atoms with Gasteiger partial charge in [0.2, 0.25) is 5.91 Å². The fourth-order valence-corrected chi connectivity index (χ4v) is 4.92. The van der Waals surface area contributed by atoms with E-state index in [9.17, 15) is 13.2 Å². The van der Waals surface area contributed by atoms with Gasteiger partial charge in [-0.05, 0) is 48.6 Å². The van der Waals surface area contributed by atoms with E-state index < -0.39 is 10.0 Å². The molecule has 164 valence electrons. The van der Waals surface area contributed by atoms with Gasteiger partial charge < -0.3 is 10.1 Å². The van der Waals surface area contributed by atoms with E-state index in [4.69, 9.17) is 4.74 Å². The highest BCUT2D eigenvalue weighted by molar-refractivity contribution is 7.92. The summed E-state index contributed by atoms with van der Waals surface area (Å²) in [7, 11) is -2.50. The molecule has 0 aliphatic rings. The van der Waals surface area contributed by atoms with Crippen molar-refractivity contribution in [2.45, 2.75) is 45.6 Å². The molecule has 2 rings (SSSR count). The van der Waals surface area contributed by atoms with Crippen LogP contribution in [0, 0.1) is 18.8 Å². The van der Waals surface area contributed by atoms with E-state index in [1.807, 2.05) is 40.7 Å². The number of ether oxygens (including phenoxy) is 1. The molecular formula is C23H32N2O4S. The summed E-state index contributed by atoms with van der Waals surface area (Å²) in [6, 6.07) is 13.3. The third-order valence-corrected chi connectivity index (χ3v) is 6.76. The fraction of sp³-hybridized carbons (Fsp3) is 0.435. The summed E-state index contributed by atoms with van der Waals surface area (Å²) in [5, 5.41) is 3.01. The van der Waals surface area contributed by atoms with Gasteiger partial charge in [-0.15, -0.1) is 0 Å². The molecule has 2 aromatic carbocycles. The van der Waals surface area contributed by atoms with Crippen LogP contribution in [-0.2, 0) is 14.8 Å². The summed E-state index contributed by atoms with van der Waals surface area (Å²) in [5.74, 6) is 0.478. The van der Waals surface area contributed by atoms with Crippen LogP contribution in [0.2, 0.25) is 0 Å². The van der Waals surface area contributed by atoms with Gasteiger partial charge in [-0.3, -0.25) is 9.10 Å². The Hall–Kier alpha value is -2.54. The van der Waals surface area contributed by atoms with Crippen LogP contribution in [0.15, 0.2) is 53.4 Å². The molecule has 0 saturated heterocycles. The number of sulfonamides is 1. The lowest BCUT2D eigenvalue weighted by molar-refractivity contribution is -0.121. The number of rotatable bonds is 9. The summed E-state index contributed by atoms with van der Waals surface area (Å²) in [6.07, 6.45) is 0. The van der Waals surface area contributed by atoms with Gasteiger partial charge in [-0.1, -0.05) is 52.0 Å². The van der Waals surface area contributed by atoms with Crippen LogP contribution in [0.5, 0.6) is 5.75 Å². The van der Waals surface area contributed by atoms with Crippen molar-refractivity contribution in [2.24, 2.45) is 11.8 Å². The van der Waals surface area contributed by atoms with Gasteiger partial charge in [0, 0.05) is 6.04 Å². The average Bonchev–Trinajstić information content (AvgIpc) is 2.70. The molecule has 0 aliphatic carbocycles. The Kier molecular flexibility index (Phi) is 7.89. The van der Waals surface area contributed by atoms with Crippen molar-refractivity contribution >= 4 is 21.6 Å². The molecule has 6 nitrogen and oxygen atoms in total. The monoisotopic (exact) mass is 432 g/mol. The fourth-order valence-electron chi connectivity index (χ4n) is 3.48. The zero-order valence-electron chi connectivity index (χ0n) is 18.5. The first-order valence-corrected chi connectivity index (χ1v) is 11.5. The lowest BCUT2D eigenvalue weighted by atomic mass is 9.93. The summed E-state index contributed by atoms with van der Waals surface area (Å²) in [6.45, 7) is 9.66. The highest BCUT2D eigenvalue weighted by Crippen LogP contribution is 2.33. The van der Waals surface area contributed by atoms with Crippen LogP contribution in [-0.4, -0.2) is 34.0 Å². The molecule has 0 spiro atoms. The first-order valence-electron chi connectivity index (χ1n) is 10.1. The molecule has 0 saturated carbocycles. The summed E-state index contributed by atoms with van der Waals surface area (Å²) in [4.78, 5) is 13.1. The molecule has 1 amide bonds. The van der Waals surface area contributed by atoms with Crippen LogP contribution < -0.4 is 14.4 Å². The van der Waals surface area contributed by atoms with Crippen LogP contribution in [0.25, 0.3) is 0 Å². The standard InChI is InChI=1S/C23H32N2O4S/c1-16(2)23(17(3)4)24-22(26)15-25(20-14-18(5)12-13-21(20)29-6)30(27,28)19-10-8-7-9-11-19/h7-14,16-17,23H,15H2,1-6H3,(H,24,26). The van der Waals surface area contributed by atoms with E-state index in [1.165, 1.54) is 19.2 Å². The quantitative estimate of drug-likeness (QED) is 0.650. The highest BCUT2D eigenvalue weighted by Gasteiger charge is 2.30. The van der Waals surface area contributed by atoms with E-state index in [0.29, 0.717) is 11.4 Å². The number of hydrogen-bond acceptors (Lipinski definition) is 4. The van der Waals surface area contributed by atoms with Crippen LogP contribution in [0.3, 0.4) is 0 Å². The van der Waals surface area contributed by atoms with Crippen molar-refractivity contribution in [3.63, 3.8) is 0 Å². The van der Waals surface area contributed by atoms with Gasteiger partial charge in [-0.25, -0.2) is 8.42 Å². The van der Waals surface area contributed by atoms with Crippen molar-refractivity contribution in [2.75, 3.05) is 18.0 Å². The minimum Gasteiger partial charge on any atom is -0.495 e. The third-order valence-electron chi connectivity index (χ3n) is 4.99. The van der Waals surface area contributed by atoms with Gasteiger partial charge in [-0.2, -0.15) is 0 Å². The average molecular weight is 433 g/mol. The molecule has 0 aromatic heterocycles. The molecule has 0 atom stereocenters. The van der Waals surface area contributed by atoms with Crippen molar-refractivity contribution in [1.82, 2.24) is 5.32 Å². The molecule has 2 aromatic rings. The molecule has 30 heavy (non-hydrogen) atoms. The predicted octanol–water partition coefficient (Wildman–Crippen LogP) is 4.00. The Morgan fingerprint density at radius 3 is 2.17 bits per heavy atom. The number of methoxy groups -OCH3 is 1. The molecule has 0 fully saturated rings. The molecule has 0 bridgehead atoms. The van der Waals surface area contributed by atoms with E-state index in [1.54, 1.807) is 30.3 Å².